The Balaban J connectivity index is 1.59. The summed E-state index contributed by atoms with van der Waals surface area (Å²) in [6, 6.07) is 17.5. The van der Waals surface area contributed by atoms with Gasteiger partial charge in [0, 0.05) is 30.7 Å². The lowest BCUT2D eigenvalue weighted by atomic mass is 10.1. The number of para-hydroxylation sites is 2. The molecule has 5 nitrogen and oxygen atoms in total. The summed E-state index contributed by atoms with van der Waals surface area (Å²) in [7, 11) is 2.02. The topological polar surface area (TPSA) is 54.5 Å². The fourth-order valence-corrected chi connectivity index (χ4v) is 3.17. The molecule has 1 unspecified atom stereocenters. The number of ether oxygens (including phenoxy) is 1. The van der Waals surface area contributed by atoms with E-state index in [-0.39, 0.29) is 11.9 Å². The van der Waals surface area contributed by atoms with Gasteiger partial charge in [0.15, 0.2) is 0 Å². The van der Waals surface area contributed by atoms with Gasteiger partial charge in [0.1, 0.15) is 12.4 Å². The molecule has 0 fully saturated rings. The summed E-state index contributed by atoms with van der Waals surface area (Å²) in [6.07, 6.45) is 0. The molecular weight excluding hydrogens is 358 g/mol. The molecule has 0 radical (unpaired) electrons. The van der Waals surface area contributed by atoms with Crippen molar-refractivity contribution in [2.45, 2.75) is 19.6 Å². The molecule has 1 amide bonds. The standard InChI is InChI=1S/C21H23N3O2S/c1-16(24(2)18-8-4-3-5-9-18)12-22-21(25)19-10-6-7-11-20(19)26-13-17-14-27-15-23-17/h3-11,14-16H,12-13H2,1-2H3,(H,22,25). The first kappa shape index (κ1) is 18.9. The second-order valence-corrected chi connectivity index (χ2v) is 6.99. The average molecular weight is 382 g/mol. The van der Waals surface area contributed by atoms with Crippen LogP contribution >= 0.6 is 11.3 Å². The van der Waals surface area contributed by atoms with Crippen molar-refractivity contribution in [2.75, 3.05) is 18.5 Å². The molecule has 2 aromatic carbocycles. The second kappa shape index (κ2) is 9.19. The third kappa shape index (κ3) is 5.08. The summed E-state index contributed by atoms with van der Waals surface area (Å²) < 4.78 is 5.80. The molecule has 1 N–H and O–H groups in total. The van der Waals surface area contributed by atoms with Crippen LogP contribution in [0.5, 0.6) is 5.75 Å². The SMILES string of the molecule is CC(CNC(=O)c1ccccc1OCc1cscn1)N(C)c1ccccc1. The Morgan fingerprint density at radius 3 is 2.67 bits per heavy atom. The third-order valence-electron chi connectivity index (χ3n) is 4.37. The van der Waals surface area contributed by atoms with Crippen LogP contribution in [0, 0.1) is 0 Å². The minimum absolute atomic E-state index is 0.141. The molecule has 1 aromatic heterocycles. The highest BCUT2D eigenvalue weighted by Gasteiger charge is 2.15. The van der Waals surface area contributed by atoms with Crippen molar-refractivity contribution in [3.8, 4) is 5.75 Å². The van der Waals surface area contributed by atoms with Crippen LogP contribution in [0.2, 0.25) is 0 Å². The number of amides is 1. The maximum absolute atomic E-state index is 12.7. The van der Waals surface area contributed by atoms with E-state index in [0.717, 1.165) is 11.4 Å². The largest absolute Gasteiger partial charge is 0.486 e. The van der Waals surface area contributed by atoms with Crippen LogP contribution in [-0.2, 0) is 6.61 Å². The molecule has 0 spiro atoms. The van der Waals surface area contributed by atoms with E-state index in [1.807, 2.05) is 42.8 Å². The number of rotatable bonds is 8. The first-order valence-electron chi connectivity index (χ1n) is 8.80. The number of nitrogens with one attached hydrogen (secondary N) is 1. The van der Waals surface area contributed by atoms with Crippen molar-refractivity contribution in [3.05, 3.63) is 76.7 Å². The van der Waals surface area contributed by atoms with E-state index < -0.39 is 0 Å². The lowest BCUT2D eigenvalue weighted by Gasteiger charge is -2.27. The summed E-state index contributed by atoms with van der Waals surface area (Å²) in [5.41, 5.74) is 4.27. The summed E-state index contributed by atoms with van der Waals surface area (Å²) in [4.78, 5) is 19.0. The minimum atomic E-state index is -0.141. The van der Waals surface area contributed by atoms with Crippen LogP contribution in [0.3, 0.4) is 0 Å². The van der Waals surface area contributed by atoms with Gasteiger partial charge in [0.05, 0.1) is 16.8 Å². The molecule has 0 aliphatic carbocycles. The Morgan fingerprint density at radius 2 is 1.93 bits per heavy atom. The van der Waals surface area contributed by atoms with Gasteiger partial charge in [0.2, 0.25) is 0 Å². The lowest BCUT2D eigenvalue weighted by molar-refractivity contribution is 0.0947. The van der Waals surface area contributed by atoms with Crippen LogP contribution in [0.1, 0.15) is 23.0 Å². The van der Waals surface area contributed by atoms with Crippen molar-refractivity contribution in [2.24, 2.45) is 0 Å². The predicted octanol–water partition coefficient (Wildman–Crippen LogP) is 3.98. The summed E-state index contributed by atoms with van der Waals surface area (Å²) in [6.45, 7) is 2.96. The van der Waals surface area contributed by atoms with Crippen LogP contribution < -0.4 is 15.0 Å². The van der Waals surface area contributed by atoms with E-state index in [9.17, 15) is 4.79 Å². The van der Waals surface area contributed by atoms with Crippen LogP contribution in [-0.4, -0.2) is 30.5 Å². The van der Waals surface area contributed by atoms with Crippen LogP contribution in [0.4, 0.5) is 5.69 Å². The van der Waals surface area contributed by atoms with E-state index in [4.69, 9.17) is 4.74 Å². The van der Waals surface area contributed by atoms with E-state index in [2.05, 4.69) is 34.3 Å². The minimum Gasteiger partial charge on any atom is -0.486 e. The van der Waals surface area contributed by atoms with Crippen molar-refractivity contribution in [1.82, 2.24) is 10.3 Å². The highest BCUT2D eigenvalue weighted by Crippen LogP contribution is 2.20. The Morgan fingerprint density at radius 1 is 1.19 bits per heavy atom. The van der Waals surface area contributed by atoms with Gasteiger partial charge < -0.3 is 15.0 Å². The van der Waals surface area contributed by atoms with Crippen molar-refractivity contribution in [1.29, 1.82) is 0 Å². The number of thiazole rings is 1. The fraction of sp³-hybridized carbons (Fsp3) is 0.238. The molecule has 0 bridgehead atoms. The maximum Gasteiger partial charge on any atom is 0.255 e. The third-order valence-corrected chi connectivity index (χ3v) is 5.01. The van der Waals surface area contributed by atoms with Gasteiger partial charge in [-0.3, -0.25) is 4.79 Å². The molecule has 1 atom stereocenters. The van der Waals surface area contributed by atoms with Crippen LogP contribution in [0.25, 0.3) is 0 Å². The van der Waals surface area contributed by atoms with Gasteiger partial charge in [0.25, 0.3) is 5.91 Å². The van der Waals surface area contributed by atoms with E-state index >= 15 is 0 Å². The number of hydrogen-bond acceptors (Lipinski definition) is 5. The smallest absolute Gasteiger partial charge is 0.255 e. The summed E-state index contributed by atoms with van der Waals surface area (Å²) in [5.74, 6) is 0.421. The Bertz CT molecular complexity index is 853. The monoisotopic (exact) mass is 381 g/mol. The van der Waals surface area contributed by atoms with Gasteiger partial charge >= 0.3 is 0 Å². The highest BCUT2D eigenvalue weighted by atomic mass is 32.1. The number of nitrogens with zero attached hydrogens (tertiary/aromatic N) is 2. The van der Waals surface area contributed by atoms with Crippen molar-refractivity contribution < 1.29 is 9.53 Å². The average Bonchev–Trinajstić information content (AvgIpc) is 3.24. The number of carbonyl (C=O) groups excluding carboxylic acids is 1. The predicted molar refractivity (Wildman–Crippen MR) is 110 cm³/mol. The van der Waals surface area contributed by atoms with E-state index in [1.54, 1.807) is 17.6 Å². The van der Waals surface area contributed by atoms with Gasteiger partial charge in [-0.2, -0.15) is 0 Å². The van der Waals surface area contributed by atoms with Crippen LogP contribution in [0.15, 0.2) is 65.5 Å². The Hall–Kier alpha value is -2.86. The molecule has 3 rings (SSSR count). The van der Waals surface area contributed by atoms with Crippen molar-refractivity contribution >= 4 is 22.9 Å². The van der Waals surface area contributed by atoms with Gasteiger partial charge in [-0.1, -0.05) is 30.3 Å². The molecule has 0 aliphatic rings. The van der Waals surface area contributed by atoms with Crippen molar-refractivity contribution in [3.63, 3.8) is 0 Å². The maximum atomic E-state index is 12.7. The first-order valence-corrected chi connectivity index (χ1v) is 9.74. The molecule has 0 saturated carbocycles. The summed E-state index contributed by atoms with van der Waals surface area (Å²) in [5, 5.41) is 4.94. The lowest BCUT2D eigenvalue weighted by Crippen LogP contribution is -2.40. The molecule has 1 heterocycles. The van der Waals surface area contributed by atoms with Gasteiger partial charge in [-0.25, -0.2) is 4.98 Å². The number of anilines is 1. The normalized spacial score (nSPS) is 11.6. The van der Waals surface area contributed by atoms with Gasteiger partial charge in [-0.05, 0) is 31.2 Å². The second-order valence-electron chi connectivity index (χ2n) is 6.27. The summed E-state index contributed by atoms with van der Waals surface area (Å²) >= 11 is 1.52. The zero-order valence-electron chi connectivity index (χ0n) is 15.5. The zero-order valence-corrected chi connectivity index (χ0v) is 16.3. The highest BCUT2D eigenvalue weighted by molar-refractivity contribution is 7.07. The number of benzene rings is 2. The molecule has 140 valence electrons. The molecule has 0 saturated heterocycles. The number of hydrogen-bond donors (Lipinski definition) is 1. The van der Waals surface area contributed by atoms with E-state index in [1.165, 1.54) is 11.3 Å². The molecule has 6 heteroatoms. The molecule has 27 heavy (non-hydrogen) atoms. The number of aromatic nitrogens is 1. The molecular formula is C21H23N3O2S. The van der Waals surface area contributed by atoms with E-state index in [0.29, 0.717) is 24.5 Å². The molecule has 3 aromatic rings. The quantitative estimate of drug-likeness (QED) is 0.641. The Kier molecular flexibility index (Phi) is 6.44. The molecule has 0 aliphatic heterocycles. The first-order chi connectivity index (χ1) is 13.1. The number of carbonyl (C=O) groups is 1. The van der Waals surface area contributed by atoms with Gasteiger partial charge in [-0.15, -0.1) is 11.3 Å². The zero-order chi connectivity index (χ0) is 19.1. The fourth-order valence-electron chi connectivity index (χ4n) is 2.63. The Labute approximate surface area is 163 Å². The number of likely N-dealkylation sites (N-methyl/N-ethyl adjacent to an activating group) is 1.